The van der Waals surface area contributed by atoms with Crippen LogP contribution in [0.5, 0.6) is 0 Å². The molecule has 1 N–H and O–H groups in total. The quantitative estimate of drug-likeness (QED) is 0.534. The van der Waals surface area contributed by atoms with Crippen LogP contribution in [0.15, 0.2) is 30.3 Å². The number of Topliss-reactive ketones (excluding diaryl/α,β-unsaturated/α-hetero) is 1. The van der Waals surface area contributed by atoms with Gasteiger partial charge in [0.1, 0.15) is 6.61 Å². The average Bonchev–Trinajstić information content (AvgIpc) is 2.65. The fourth-order valence-electron chi connectivity index (χ4n) is 5.60. The second-order valence-electron chi connectivity index (χ2n) is 8.67. The topological polar surface area (TPSA) is 89.5 Å². The van der Waals surface area contributed by atoms with Gasteiger partial charge in [0.2, 0.25) is 0 Å². The maximum Gasteiger partial charge on any atom is 0.446 e. The van der Waals surface area contributed by atoms with E-state index in [9.17, 15) is 26.8 Å². The van der Waals surface area contributed by atoms with Crippen LogP contribution >= 0.6 is 0 Å². The highest BCUT2D eigenvalue weighted by Gasteiger charge is 2.58. The second kappa shape index (κ2) is 7.12. The lowest BCUT2D eigenvalue weighted by atomic mass is 9.53. The van der Waals surface area contributed by atoms with Gasteiger partial charge in [-0.3, -0.25) is 13.8 Å². The molecule has 6 nitrogen and oxygen atoms in total. The molecule has 4 bridgehead atoms. The Kier molecular flexibility index (Phi) is 5.01. The van der Waals surface area contributed by atoms with Crippen LogP contribution in [0.2, 0.25) is 0 Å². The van der Waals surface area contributed by atoms with Gasteiger partial charge in [0.15, 0.2) is 5.78 Å². The van der Waals surface area contributed by atoms with Crippen LogP contribution in [0, 0.1) is 17.8 Å². The average molecular weight is 427 g/mol. The summed E-state index contributed by atoms with van der Waals surface area (Å²) in [5.41, 5.74) is -0.631. The van der Waals surface area contributed by atoms with Gasteiger partial charge in [0, 0.05) is 11.1 Å². The monoisotopic (exact) mass is 427 g/mol. The smallest absolute Gasteiger partial charge is 0.344 e. The summed E-state index contributed by atoms with van der Waals surface area (Å²) in [6.07, 6.45) is 4.97. The molecule has 5 rings (SSSR count). The number of alkyl halides is 2. The normalized spacial score (nSPS) is 30.9. The van der Waals surface area contributed by atoms with Gasteiger partial charge in [0.25, 0.3) is 0 Å². The third-order valence-electron chi connectivity index (χ3n) is 6.44. The highest BCUT2D eigenvalue weighted by Crippen LogP contribution is 2.55. The number of hydrogen-bond acceptors (Lipinski definition) is 5. The molecule has 0 aromatic heterocycles. The number of rotatable bonds is 7. The summed E-state index contributed by atoms with van der Waals surface area (Å²) in [4.78, 5) is 24.3. The van der Waals surface area contributed by atoms with Crippen molar-refractivity contribution in [2.45, 2.75) is 49.3 Å². The van der Waals surface area contributed by atoms with E-state index >= 15 is 0 Å². The summed E-state index contributed by atoms with van der Waals surface area (Å²) in [5, 5.41) is -2.41. The van der Waals surface area contributed by atoms with Crippen molar-refractivity contribution in [3.63, 3.8) is 0 Å². The highest BCUT2D eigenvalue weighted by molar-refractivity contribution is 7.88. The van der Waals surface area contributed by atoms with Crippen molar-refractivity contribution >= 4 is 21.8 Å². The largest absolute Gasteiger partial charge is 0.446 e. The molecule has 0 heterocycles. The molecule has 4 saturated carbocycles. The number of ketones is 1. The zero-order valence-electron chi connectivity index (χ0n) is 15.8. The third kappa shape index (κ3) is 3.82. The zero-order chi connectivity index (χ0) is 20.9. The number of carbonyl (C=O) groups is 2. The maximum absolute atomic E-state index is 14.5. The molecular formula is C20H23F2NO5S. The van der Waals surface area contributed by atoms with E-state index in [4.69, 9.17) is 0 Å². The van der Waals surface area contributed by atoms with Crippen LogP contribution in [0.1, 0.15) is 48.9 Å². The molecule has 1 aromatic rings. The van der Waals surface area contributed by atoms with Gasteiger partial charge in [-0.1, -0.05) is 30.3 Å². The minimum Gasteiger partial charge on any atom is -0.344 e. The van der Waals surface area contributed by atoms with Crippen molar-refractivity contribution in [2.75, 3.05) is 6.61 Å². The molecule has 29 heavy (non-hydrogen) atoms. The Balaban J connectivity index is 1.42. The van der Waals surface area contributed by atoms with Crippen molar-refractivity contribution in [3.05, 3.63) is 35.9 Å². The Morgan fingerprint density at radius 2 is 1.55 bits per heavy atom. The Morgan fingerprint density at radius 1 is 1.03 bits per heavy atom. The van der Waals surface area contributed by atoms with E-state index in [1.54, 1.807) is 18.2 Å². The van der Waals surface area contributed by atoms with Crippen LogP contribution < -0.4 is 5.32 Å². The molecule has 4 aliphatic rings. The predicted molar refractivity (Wildman–Crippen MR) is 99.6 cm³/mol. The first-order valence-electron chi connectivity index (χ1n) is 9.78. The molecule has 4 fully saturated rings. The second-order valence-corrected chi connectivity index (χ2v) is 10.3. The first-order valence-corrected chi connectivity index (χ1v) is 11.2. The van der Waals surface area contributed by atoms with E-state index in [-0.39, 0.29) is 5.56 Å². The van der Waals surface area contributed by atoms with Gasteiger partial charge in [-0.2, -0.15) is 17.2 Å². The first-order chi connectivity index (χ1) is 13.6. The molecule has 1 aromatic carbocycles. The predicted octanol–water partition coefficient (Wildman–Crippen LogP) is 2.89. The summed E-state index contributed by atoms with van der Waals surface area (Å²) < 4.78 is 57.3. The van der Waals surface area contributed by atoms with E-state index in [0.29, 0.717) is 37.0 Å². The van der Waals surface area contributed by atoms with Crippen LogP contribution in [0.3, 0.4) is 0 Å². The Morgan fingerprint density at radius 3 is 2.07 bits per heavy atom. The number of halogens is 2. The third-order valence-corrected chi connectivity index (χ3v) is 7.68. The minimum atomic E-state index is -5.61. The number of hydrogen-bond donors (Lipinski definition) is 1. The van der Waals surface area contributed by atoms with E-state index in [0.717, 1.165) is 19.3 Å². The van der Waals surface area contributed by atoms with Gasteiger partial charge in [-0.05, 0) is 56.3 Å². The fraction of sp³-hybridized carbons (Fsp3) is 0.600. The SMILES string of the molecule is O=C(COS(=O)(=O)C(F)(F)C(=O)NC12CC3CC(CC(C3)C1)C2)c1ccccc1. The molecule has 1 amide bonds. The van der Waals surface area contributed by atoms with Crippen molar-refractivity contribution < 1.29 is 31.0 Å². The van der Waals surface area contributed by atoms with Crippen LogP contribution in [-0.2, 0) is 19.1 Å². The van der Waals surface area contributed by atoms with Crippen LogP contribution in [-0.4, -0.2) is 37.5 Å². The van der Waals surface area contributed by atoms with Gasteiger partial charge in [0.05, 0.1) is 0 Å². The van der Waals surface area contributed by atoms with Gasteiger partial charge in [-0.25, -0.2) is 0 Å². The summed E-state index contributed by atoms with van der Waals surface area (Å²) in [6, 6.07) is 7.58. The number of amides is 1. The molecule has 0 aliphatic heterocycles. The number of carbonyl (C=O) groups excluding carboxylic acids is 2. The Hall–Kier alpha value is -1.87. The highest BCUT2D eigenvalue weighted by atomic mass is 32.2. The van der Waals surface area contributed by atoms with Crippen LogP contribution in [0.4, 0.5) is 8.78 Å². The molecule has 0 atom stereocenters. The van der Waals surface area contributed by atoms with E-state index in [1.165, 1.54) is 12.1 Å². The van der Waals surface area contributed by atoms with Gasteiger partial charge in [-0.15, -0.1) is 0 Å². The van der Waals surface area contributed by atoms with Crippen molar-refractivity contribution in [1.82, 2.24) is 5.32 Å². The lowest BCUT2D eigenvalue weighted by Crippen LogP contribution is -2.63. The summed E-state index contributed by atoms with van der Waals surface area (Å²) >= 11 is 0. The van der Waals surface area contributed by atoms with Crippen molar-refractivity contribution in [2.24, 2.45) is 17.8 Å². The molecule has 0 unspecified atom stereocenters. The molecule has 0 spiro atoms. The van der Waals surface area contributed by atoms with E-state index in [2.05, 4.69) is 9.50 Å². The van der Waals surface area contributed by atoms with E-state index in [1.807, 2.05) is 0 Å². The Labute approximate surface area is 168 Å². The summed E-state index contributed by atoms with van der Waals surface area (Å²) in [7, 11) is -5.61. The molecule has 0 radical (unpaired) electrons. The van der Waals surface area contributed by atoms with Crippen molar-refractivity contribution in [3.8, 4) is 0 Å². The summed E-state index contributed by atoms with van der Waals surface area (Å²) in [5.74, 6) is -1.46. The van der Waals surface area contributed by atoms with Crippen LogP contribution in [0.25, 0.3) is 0 Å². The Bertz CT molecular complexity index is 881. The number of benzene rings is 1. The molecule has 158 valence electrons. The van der Waals surface area contributed by atoms with E-state index < -0.39 is 39.2 Å². The van der Waals surface area contributed by atoms with Gasteiger partial charge >= 0.3 is 21.3 Å². The maximum atomic E-state index is 14.5. The molecule has 4 aliphatic carbocycles. The molecule has 0 saturated heterocycles. The van der Waals surface area contributed by atoms with Crippen molar-refractivity contribution in [1.29, 1.82) is 0 Å². The molecular weight excluding hydrogens is 404 g/mol. The minimum absolute atomic E-state index is 0.129. The lowest BCUT2D eigenvalue weighted by Gasteiger charge is -2.57. The number of nitrogens with one attached hydrogen (secondary N) is 1. The lowest BCUT2D eigenvalue weighted by molar-refractivity contribution is -0.142. The first kappa shape index (κ1) is 20.4. The summed E-state index contributed by atoms with van der Waals surface area (Å²) in [6.45, 7) is -1.09. The standard InChI is InChI=1S/C20H23F2NO5S/c21-20(22,29(26,27)28-12-17(24)16-4-2-1-3-5-16)18(25)23-19-9-13-6-14(10-19)8-15(7-13)11-19/h1-5,13-15H,6-12H2,(H,23,25). The molecule has 9 heteroatoms. The zero-order valence-corrected chi connectivity index (χ0v) is 16.6. The fourth-order valence-corrected chi connectivity index (χ4v) is 6.29. The van der Waals surface area contributed by atoms with Gasteiger partial charge < -0.3 is 5.32 Å².